The third kappa shape index (κ3) is 4.54. The molecule has 3 fully saturated rings. The Balaban J connectivity index is 0.00000196. The van der Waals surface area contributed by atoms with Crippen LogP contribution in [0.4, 0.5) is 0 Å². The Bertz CT molecular complexity index is 592. The van der Waals surface area contributed by atoms with Crippen LogP contribution in [-0.2, 0) is 0 Å². The quantitative estimate of drug-likeness (QED) is 0.760. The molecule has 144 valence electrons. The molecule has 2 unspecified atom stereocenters. The minimum Gasteiger partial charge on any atom is -0.349 e. The lowest BCUT2D eigenvalue weighted by Crippen LogP contribution is -2.53. The average molecular weight is 413 g/mol. The maximum atomic E-state index is 12.8. The SMILES string of the molecule is Cl.NC1CC2CCCC(C1)C2NC(=O)c1ccc(C2SCCCS2)cc1. The zero-order chi connectivity index (χ0) is 17.2. The molecule has 0 aromatic heterocycles. The fraction of sp³-hybridized carbons (Fsp3) is 0.650. The molecule has 2 saturated carbocycles. The van der Waals surface area contributed by atoms with E-state index in [1.54, 1.807) is 0 Å². The summed E-state index contributed by atoms with van der Waals surface area (Å²) in [7, 11) is 0. The van der Waals surface area contributed by atoms with E-state index in [1.165, 1.54) is 42.8 Å². The molecule has 1 heterocycles. The molecule has 3 nitrogen and oxygen atoms in total. The van der Waals surface area contributed by atoms with Gasteiger partial charge in [0.15, 0.2) is 0 Å². The van der Waals surface area contributed by atoms with Crippen LogP contribution in [0.3, 0.4) is 0 Å². The summed E-state index contributed by atoms with van der Waals surface area (Å²) < 4.78 is 0.532. The van der Waals surface area contributed by atoms with Gasteiger partial charge in [-0.1, -0.05) is 18.6 Å². The van der Waals surface area contributed by atoms with Gasteiger partial charge in [-0.2, -0.15) is 0 Å². The molecule has 26 heavy (non-hydrogen) atoms. The van der Waals surface area contributed by atoms with Gasteiger partial charge in [-0.25, -0.2) is 0 Å². The van der Waals surface area contributed by atoms with Crippen molar-refractivity contribution in [2.24, 2.45) is 17.6 Å². The van der Waals surface area contributed by atoms with Crippen LogP contribution >= 0.6 is 35.9 Å². The highest BCUT2D eigenvalue weighted by Crippen LogP contribution is 2.43. The maximum absolute atomic E-state index is 12.8. The normalized spacial score (nSPS) is 31.7. The highest BCUT2D eigenvalue weighted by molar-refractivity contribution is 8.16. The van der Waals surface area contributed by atoms with Crippen molar-refractivity contribution >= 4 is 41.8 Å². The van der Waals surface area contributed by atoms with Gasteiger partial charge in [0.25, 0.3) is 5.91 Å². The molecule has 1 aromatic rings. The van der Waals surface area contributed by atoms with E-state index < -0.39 is 0 Å². The predicted molar refractivity (Wildman–Crippen MR) is 115 cm³/mol. The van der Waals surface area contributed by atoms with Crippen LogP contribution < -0.4 is 11.1 Å². The van der Waals surface area contributed by atoms with Gasteiger partial charge in [0.2, 0.25) is 0 Å². The number of carbonyl (C=O) groups is 1. The number of carbonyl (C=O) groups excluding carboxylic acids is 1. The van der Waals surface area contributed by atoms with Crippen LogP contribution in [0.2, 0.25) is 0 Å². The maximum Gasteiger partial charge on any atom is 0.251 e. The first-order valence-corrected chi connectivity index (χ1v) is 11.7. The van der Waals surface area contributed by atoms with Crippen molar-refractivity contribution < 1.29 is 4.79 Å². The summed E-state index contributed by atoms with van der Waals surface area (Å²) in [6.45, 7) is 0. The number of hydrogen-bond acceptors (Lipinski definition) is 4. The fourth-order valence-electron chi connectivity index (χ4n) is 4.73. The van der Waals surface area contributed by atoms with Crippen LogP contribution in [0.15, 0.2) is 24.3 Å². The van der Waals surface area contributed by atoms with Gasteiger partial charge in [-0.15, -0.1) is 35.9 Å². The number of rotatable bonds is 3. The van der Waals surface area contributed by atoms with E-state index in [9.17, 15) is 4.79 Å². The molecule has 2 atom stereocenters. The summed E-state index contributed by atoms with van der Waals surface area (Å²) in [5.74, 6) is 3.72. The van der Waals surface area contributed by atoms with Gasteiger partial charge in [0.1, 0.15) is 0 Å². The molecule has 2 bridgehead atoms. The van der Waals surface area contributed by atoms with Crippen LogP contribution in [0.5, 0.6) is 0 Å². The largest absolute Gasteiger partial charge is 0.349 e. The van der Waals surface area contributed by atoms with Crippen molar-refractivity contribution in [3.05, 3.63) is 35.4 Å². The number of thioether (sulfide) groups is 2. The summed E-state index contributed by atoms with van der Waals surface area (Å²) in [4.78, 5) is 12.8. The van der Waals surface area contributed by atoms with Gasteiger partial charge >= 0.3 is 0 Å². The molecule has 4 rings (SSSR count). The van der Waals surface area contributed by atoms with Crippen molar-refractivity contribution in [2.75, 3.05) is 11.5 Å². The Morgan fingerprint density at radius 3 is 2.23 bits per heavy atom. The number of benzene rings is 1. The van der Waals surface area contributed by atoms with E-state index in [0.717, 1.165) is 18.4 Å². The molecule has 1 saturated heterocycles. The summed E-state index contributed by atoms with van der Waals surface area (Å²) in [6, 6.07) is 8.94. The first kappa shape index (κ1) is 20.4. The zero-order valence-electron chi connectivity index (χ0n) is 15.1. The fourth-order valence-corrected chi connectivity index (χ4v) is 7.63. The Morgan fingerprint density at radius 1 is 1.00 bits per heavy atom. The van der Waals surface area contributed by atoms with Gasteiger partial charge in [0, 0.05) is 17.6 Å². The third-order valence-corrected chi connectivity index (χ3v) is 8.96. The first-order chi connectivity index (χ1) is 12.2. The zero-order valence-corrected chi connectivity index (χ0v) is 17.5. The monoisotopic (exact) mass is 412 g/mol. The van der Waals surface area contributed by atoms with E-state index in [2.05, 4.69) is 17.4 Å². The Morgan fingerprint density at radius 2 is 1.62 bits per heavy atom. The second-order valence-electron chi connectivity index (χ2n) is 7.73. The number of hydrogen-bond donors (Lipinski definition) is 2. The molecule has 1 amide bonds. The van der Waals surface area contributed by atoms with Crippen molar-refractivity contribution in [2.45, 2.75) is 55.2 Å². The van der Waals surface area contributed by atoms with Crippen LogP contribution in [-0.4, -0.2) is 29.5 Å². The topological polar surface area (TPSA) is 55.1 Å². The second-order valence-corrected chi connectivity index (χ2v) is 10.5. The lowest BCUT2D eigenvalue weighted by Gasteiger charge is -2.45. The van der Waals surface area contributed by atoms with E-state index in [-0.39, 0.29) is 18.3 Å². The number of nitrogens with one attached hydrogen (secondary N) is 1. The second kappa shape index (κ2) is 9.22. The van der Waals surface area contributed by atoms with Gasteiger partial charge in [0.05, 0.1) is 4.58 Å². The lowest BCUT2D eigenvalue weighted by molar-refractivity contribution is 0.0756. The average Bonchev–Trinajstić information content (AvgIpc) is 2.63. The molecule has 3 aliphatic rings. The van der Waals surface area contributed by atoms with Gasteiger partial charge in [-0.3, -0.25) is 4.79 Å². The Hall–Kier alpha value is -0.360. The lowest BCUT2D eigenvalue weighted by atomic mass is 9.67. The van der Waals surface area contributed by atoms with Crippen molar-refractivity contribution in [1.82, 2.24) is 5.32 Å². The van der Waals surface area contributed by atoms with E-state index in [0.29, 0.717) is 28.5 Å². The molecule has 6 heteroatoms. The molecule has 0 spiro atoms. The number of fused-ring (bicyclic) bond motifs is 2. The first-order valence-electron chi connectivity index (χ1n) is 9.60. The minimum absolute atomic E-state index is 0. The highest BCUT2D eigenvalue weighted by Gasteiger charge is 2.39. The van der Waals surface area contributed by atoms with E-state index >= 15 is 0 Å². The number of amides is 1. The summed E-state index contributed by atoms with van der Waals surface area (Å²) in [5, 5.41) is 3.35. The number of halogens is 1. The van der Waals surface area contributed by atoms with E-state index in [4.69, 9.17) is 5.73 Å². The smallest absolute Gasteiger partial charge is 0.251 e. The van der Waals surface area contributed by atoms with Crippen molar-refractivity contribution in [3.63, 3.8) is 0 Å². The van der Waals surface area contributed by atoms with Crippen molar-refractivity contribution in [1.29, 1.82) is 0 Å². The minimum atomic E-state index is 0. The highest BCUT2D eigenvalue weighted by atomic mass is 35.5. The Kier molecular flexibility index (Phi) is 7.23. The molecule has 1 aromatic carbocycles. The van der Waals surface area contributed by atoms with E-state index in [1.807, 2.05) is 35.7 Å². The molecule has 2 aliphatic carbocycles. The van der Waals surface area contributed by atoms with Crippen LogP contribution in [0, 0.1) is 11.8 Å². The third-order valence-electron chi connectivity index (χ3n) is 5.95. The van der Waals surface area contributed by atoms with Crippen molar-refractivity contribution in [3.8, 4) is 0 Å². The summed E-state index contributed by atoms with van der Waals surface area (Å²) in [6.07, 6.45) is 7.15. The van der Waals surface area contributed by atoms with Gasteiger partial charge in [-0.05, 0) is 73.1 Å². The van der Waals surface area contributed by atoms with Crippen LogP contribution in [0.1, 0.15) is 59.0 Å². The predicted octanol–water partition coefficient (Wildman–Crippen LogP) is 4.61. The standard InChI is InChI=1S/C20H28N2OS2.ClH/c21-17-11-15-3-1-4-16(12-17)18(15)22-19(23)13-5-7-14(8-6-13)20-24-9-2-10-25-20;/h5-8,15-18,20H,1-4,9-12,21H2,(H,22,23);1H. The van der Waals surface area contributed by atoms with Crippen LogP contribution in [0.25, 0.3) is 0 Å². The molecule has 1 aliphatic heterocycles. The molecule has 0 radical (unpaired) electrons. The Labute approximate surface area is 171 Å². The molecular formula is C20H29ClN2OS2. The number of nitrogens with two attached hydrogens (primary N) is 1. The molecule has 3 N–H and O–H groups in total. The summed E-state index contributed by atoms with van der Waals surface area (Å²) in [5.41, 5.74) is 8.33. The van der Waals surface area contributed by atoms with Gasteiger partial charge < -0.3 is 11.1 Å². The molecular weight excluding hydrogens is 384 g/mol. The summed E-state index contributed by atoms with van der Waals surface area (Å²) >= 11 is 4.04.